The molecular weight excluding hydrogens is 281 g/mol. The average Bonchev–Trinajstić information content (AvgIpc) is 2.91. The van der Waals surface area contributed by atoms with Crippen molar-refractivity contribution < 1.29 is 13.2 Å². The SMILES string of the molecule is CCn1ncnc1CC(NC)c1ccccc1C(F)(F)F. The number of aryl methyl sites for hydroxylation is 1. The third-order valence-corrected chi connectivity index (χ3v) is 3.37. The molecule has 0 aliphatic carbocycles. The van der Waals surface area contributed by atoms with Crippen molar-refractivity contribution in [3.63, 3.8) is 0 Å². The zero-order chi connectivity index (χ0) is 15.5. The minimum atomic E-state index is -4.37. The van der Waals surface area contributed by atoms with Gasteiger partial charge in [-0.1, -0.05) is 18.2 Å². The van der Waals surface area contributed by atoms with Crippen LogP contribution in [0.1, 0.15) is 29.9 Å². The van der Waals surface area contributed by atoms with Gasteiger partial charge in [0.25, 0.3) is 0 Å². The van der Waals surface area contributed by atoms with Gasteiger partial charge < -0.3 is 5.32 Å². The Labute approximate surface area is 121 Å². The lowest BCUT2D eigenvalue weighted by molar-refractivity contribution is -0.138. The summed E-state index contributed by atoms with van der Waals surface area (Å²) in [4.78, 5) is 4.12. The van der Waals surface area contributed by atoms with Crippen molar-refractivity contribution in [3.05, 3.63) is 47.5 Å². The van der Waals surface area contributed by atoms with Crippen LogP contribution in [0.25, 0.3) is 0 Å². The molecule has 0 aliphatic heterocycles. The van der Waals surface area contributed by atoms with Crippen LogP contribution < -0.4 is 5.32 Å². The zero-order valence-electron chi connectivity index (χ0n) is 11.9. The van der Waals surface area contributed by atoms with Crippen LogP contribution in [0.15, 0.2) is 30.6 Å². The lowest BCUT2D eigenvalue weighted by atomic mass is 9.97. The van der Waals surface area contributed by atoms with Crippen LogP contribution in [0.3, 0.4) is 0 Å². The van der Waals surface area contributed by atoms with Gasteiger partial charge in [0.15, 0.2) is 0 Å². The molecule has 1 aromatic heterocycles. The minimum Gasteiger partial charge on any atom is -0.313 e. The second kappa shape index (κ2) is 6.26. The van der Waals surface area contributed by atoms with Gasteiger partial charge in [-0.2, -0.15) is 18.3 Å². The van der Waals surface area contributed by atoms with Crippen LogP contribution in [0.2, 0.25) is 0 Å². The number of hydrogen-bond acceptors (Lipinski definition) is 3. The molecule has 1 heterocycles. The molecule has 0 fully saturated rings. The number of aromatic nitrogens is 3. The smallest absolute Gasteiger partial charge is 0.313 e. The Morgan fingerprint density at radius 3 is 2.62 bits per heavy atom. The van der Waals surface area contributed by atoms with Crippen molar-refractivity contribution >= 4 is 0 Å². The summed E-state index contributed by atoms with van der Waals surface area (Å²) >= 11 is 0. The number of likely N-dealkylation sites (N-methyl/N-ethyl adjacent to an activating group) is 1. The molecule has 7 heteroatoms. The maximum atomic E-state index is 13.1. The van der Waals surface area contributed by atoms with Gasteiger partial charge in [0.2, 0.25) is 0 Å². The highest BCUT2D eigenvalue weighted by Gasteiger charge is 2.34. The lowest BCUT2D eigenvalue weighted by Gasteiger charge is -2.21. The summed E-state index contributed by atoms with van der Waals surface area (Å²) in [5.41, 5.74) is -0.398. The highest BCUT2D eigenvalue weighted by Crippen LogP contribution is 2.35. The van der Waals surface area contributed by atoms with Gasteiger partial charge in [-0.15, -0.1) is 0 Å². The van der Waals surface area contributed by atoms with Gasteiger partial charge in [0, 0.05) is 19.0 Å². The monoisotopic (exact) mass is 298 g/mol. The molecule has 0 radical (unpaired) electrons. The van der Waals surface area contributed by atoms with Crippen LogP contribution in [0.5, 0.6) is 0 Å². The third-order valence-electron chi connectivity index (χ3n) is 3.37. The number of nitrogens with zero attached hydrogens (tertiary/aromatic N) is 3. The maximum absolute atomic E-state index is 13.1. The number of rotatable bonds is 5. The molecule has 0 bridgehead atoms. The number of nitrogens with one attached hydrogen (secondary N) is 1. The van der Waals surface area contributed by atoms with E-state index in [9.17, 15) is 13.2 Å². The molecule has 4 nitrogen and oxygen atoms in total. The van der Waals surface area contributed by atoms with E-state index in [1.165, 1.54) is 18.5 Å². The summed E-state index contributed by atoms with van der Waals surface area (Å²) in [6, 6.07) is 5.13. The number of hydrogen-bond donors (Lipinski definition) is 1. The van der Waals surface area contributed by atoms with Crippen LogP contribution in [0, 0.1) is 0 Å². The molecule has 21 heavy (non-hydrogen) atoms. The summed E-state index contributed by atoms with van der Waals surface area (Å²) in [6.07, 6.45) is -2.61. The summed E-state index contributed by atoms with van der Waals surface area (Å²) in [5.74, 6) is 0.661. The summed E-state index contributed by atoms with van der Waals surface area (Å²) in [5, 5.41) is 6.98. The summed E-state index contributed by atoms with van der Waals surface area (Å²) in [6.45, 7) is 2.54. The van der Waals surface area contributed by atoms with Crippen LogP contribution in [-0.2, 0) is 19.1 Å². The van der Waals surface area contributed by atoms with E-state index in [-0.39, 0.29) is 5.56 Å². The third kappa shape index (κ3) is 3.41. The van der Waals surface area contributed by atoms with Crippen LogP contribution in [0.4, 0.5) is 13.2 Å². The van der Waals surface area contributed by atoms with Crippen LogP contribution >= 0.6 is 0 Å². The topological polar surface area (TPSA) is 42.7 Å². The fourth-order valence-corrected chi connectivity index (χ4v) is 2.32. The van der Waals surface area contributed by atoms with Gasteiger partial charge in [0.1, 0.15) is 12.2 Å². The summed E-state index contributed by atoms with van der Waals surface area (Å²) < 4.78 is 41.0. The van der Waals surface area contributed by atoms with E-state index >= 15 is 0 Å². The van der Waals surface area contributed by atoms with Crippen molar-refractivity contribution in [1.82, 2.24) is 20.1 Å². The van der Waals surface area contributed by atoms with E-state index < -0.39 is 17.8 Å². The Hall–Kier alpha value is -1.89. The Morgan fingerprint density at radius 2 is 2.00 bits per heavy atom. The molecule has 1 atom stereocenters. The quantitative estimate of drug-likeness (QED) is 0.923. The molecule has 1 aromatic carbocycles. The molecule has 2 aromatic rings. The molecule has 1 unspecified atom stereocenters. The van der Waals surface area contributed by atoms with Crippen molar-refractivity contribution in [3.8, 4) is 0 Å². The highest BCUT2D eigenvalue weighted by molar-refractivity contribution is 5.33. The predicted octanol–water partition coefficient (Wildman–Crippen LogP) is 2.82. The molecule has 1 N–H and O–H groups in total. The zero-order valence-corrected chi connectivity index (χ0v) is 11.9. The van der Waals surface area contributed by atoms with Gasteiger partial charge in [0.05, 0.1) is 5.56 Å². The lowest BCUT2D eigenvalue weighted by Crippen LogP contribution is -2.24. The van der Waals surface area contributed by atoms with E-state index in [4.69, 9.17) is 0 Å². The average molecular weight is 298 g/mol. The summed E-state index contributed by atoms with van der Waals surface area (Å²) in [7, 11) is 1.64. The number of alkyl halides is 3. The minimum absolute atomic E-state index is 0.221. The largest absolute Gasteiger partial charge is 0.416 e. The van der Waals surface area contributed by atoms with Crippen molar-refractivity contribution in [2.24, 2.45) is 0 Å². The Morgan fingerprint density at radius 1 is 1.29 bits per heavy atom. The van der Waals surface area contributed by atoms with Gasteiger partial charge in [-0.05, 0) is 25.6 Å². The fourth-order valence-electron chi connectivity index (χ4n) is 2.32. The van der Waals surface area contributed by atoms with E-state index in [1.807, 2.05) is 6.92 Å². The van der Waals surface area contributed by atoms with E-state index in [1.54, 1.807) is 17.8 Å². The number of halogens is 3. The van der Waals surface area contributed by atoms with Gasteiger partial charge in [-0.25, -0.2) is 4.98 Å². The molecule has 2 rings (SSSR count). The molecule has 0 saturated heterocycles. The molecular formula is C14H17F3N4. The Balaban J connectivity index is 2.34. The standard InChI is InChI=1S/C14H17F3N4/c1-3-21-13(19-9-20-21)8-12(18-2)10-6-4-5-7-11(10)14(15,16)17/h4-7,9,12,18H,3,8H2,1-2H3. The highest BCUT2D eigenvalue weighted by atomic mass is 19.4. The van der Waals surface area contributed by atoms with E-state index in [2.05, 4.69) is 15.4 Å². The molecule has 0 aliphatic rings. The molecule has 0 saturated carbocycles. The van der Waals surface area contributed by atoms with Crippen molar-refractivity contribution in [2.75, 3.05) is 7.05 Å². The van der Waals surface area contributed by atoms with Gasteiger partial charge in [-0.3, -0.25) is 4.68 Å². The first-order valence-electron chi connectivity index (χ1n) is 6.67. The molecule has 114 valence electrons. The molecule has 0 spiro atoms. The van der Waals surface area contributed by atoms with Crippen molar-refractivity contribution in [2.45, 2.75) is 32.1 Å². The fraction of sp³-hybridized carbons (Fsp3) is 0.429. The second-order valence-corrected chi connectivity index (χ2v) is 4.62. The maximum Gasteiger partial charge on any atom is 0.416 e. The first kappa shape index (κ1) is 15.5. The first-order chi connectivity index (χ1) is 9.97. The van der Waals surface area contributed by atoms with Crippen molar-refractivity contribution in [1.29, 1.82) is 0 Å². The Bertz CT molecular complexity index is 592. The Kier molecular flexibility index (Phi) is 4.62. The van der Waals surface area contributed by atoms with E-state index in [0.717, 1.165) is 6.07 Å². The van der Waals surface area contributed by atoms with E-state index in [0.29, 0.717) is 18.8 Å². The number of benzene rings is 1. The van der Waals surface area contributed by atoms with Gasteiger partial charge >= 0.3 is 6.18 Å². The first-order valence-corrected chi connectivity index (χ1v) is 6.67. The van der Waals surface area contributed by atoms with Crippen LogP contribution in [-0.4, -0.2) is 21.8 Å². The predicted molar refractivity (Wildman–Crippen MR) is 72.6 cm³/mol. The molecule has 0 amide bonds. The normalized spacial score (nSPS) is 13.4. The second-order valence-electron chi connectivity index (χ2n) is 4.62.